The summed E-state index contributed by atoms with van der Waals surface area (Å²) in [6.07, 6.45) is 0. The van der Waals surface area contributed by atoms with Crippen molar-refractivity contribution in [3.63, 3.8) is 0 Å². The summed E-state index contributed by atoms with van der Waals surface area (Å²) < 4.78 is 38.7. The Balaban J connectivity index is 1.86. The SMILES string of the molecule is CCOc1ccc(S(=O)(=O)N2CCN(C)C(c3ccccc3OC)C2)cc1. The molecule has 27 heavy (non-hydrogen) atoms. The van der Waals surface area contributed by atoms with Crippen LogP contribution in [0.1, 0.15) is 18.5 Å². The zero-order chi connectivity index (χ0) is 19.4. The minimum absolute atomic E-state index is 0.0626. The van der Waals surface area contributed by atoms with Crippen LogP contribution in [0, 0.1) is 0 Å². The molecule has 0 bridgehead atoms. The maximum atomic E-state index is 13.1. The fourth-order valence-corrected chi connectivity index (χ4v) is 4.81. The summed E-state index contributed by atoms with van der Waals surface area (Å²) in [5, 5.41) is 0. The lowest BCUT2D eigenvalue weighted by atomic mass is 10.0. The molecule has 1 fully saturated rings. The Hall–Kier alpha value is -2.09. The minimum Gasteiger partial charge on any atom is -0.496 e. The molecule has 7 heteroatoms. The van der Waals surface area contributed by atoms with Crippen LogP contribution >= 0.6 is 0 Å². The van der Waals surface area contributed by atoms with Crippen molar-refractivity contribution in [2.24, 2.45) is 0 Å². The van der Waals surface area contributed by atoms with Crippen molar-refractivity contribution in [2.45, 2.75) is 17.9 Å². The van der Waals surface area contributed by atoms with Gasteiger partial charge >= 0.3 is 0 Å². The molecule has 0 amide bonds. The molecule has 0 spiro atoms. The average Bonchev–Trinajstić information content (AvgIpc) is 2.69. The van der Waals surface area contributed by atoms with E-state index in [0.29, 0.717) is 32.0 Å². The van der Waals surface area contributed by atoms with Crippen LogP contribution in [0.3, 0.4) is 0 Å². The third kappa shape index (κ3) is 4.10. The summed E-state index contributed by atoms with van der Waals surface area (Å²) in [4.78, 5) is 2.46. The number of benzene rings is 2. The van der Waals surface area contributed by atoms with Crippen LogP contribution in [0.2, 0.25) is 0 Å². The standard InChI is InChI=1S/C20H26N2O4S/c1-4-26-16-9-11-17(12-10-16)27(23,24)22-14-13-21(2)19(15-22)18-7-5-6-8-20(18)25-3/h5-12,19H,4,13-15H2,1-3H3. The monoisotopic (exact) mass is 390 g/mol. The highest BCUT2D eigenvalue weighted by molar-refractivity contribution is 7.89. The van der Waals surface area contributed by atoms with E-state index in [9.17, 15) is 8.42 Å². The van der Waals surface area contributed by atoms with Gasteiger partial charge in [-0.2, -0.15) is 4.31 Å². The fourth-order valence-electron chi connectivity index (χ4n) is 3.37. The molecular formula is C20H26N2O4S. The van der Waals surface area contributed by atoms with Crippen LogP contribution in [-0.2, 0) is 10.0 Å². The van der Waals surface area contributed by atoms with Crippen molar-refractivity contribution in [3.8, 4) is 11.5 Å². The molecule has 1 heterocycles. The number of likely N-dealkylation sites (N-methyl/N-ethyl adjacent to an activating group) is 1. The van der Waals surface area contributed by atoms with Crippen molar-refractivity contribution in [2.75, 3.05) is 40.4 Å². The van der Waals surface area contributed by atoms with Crippen molar-refractivity contribution >= 4 is 10.0 Å². The maximum Gasteiger partial charge on any atom is 0.243 e. The Kier molecular flexibility index (Phi) is 6.04. The molecule has 2 aromatic rings. The van der Waals surface area contributed by atoms with E-state index in [1.54, 1.807) is 35.7 Å². The zero-order valence-corrected chi connectivity index (χ0v) is 16.8. The number of methoxy groups -OCH3 is 1. The first-order valence-electron chi connectivity index (χ1n) is 9.03. The smallest absolute Gasteiger partial charge is 0.243 e. The van der Waals surface area contributed by atoms with Crippen LogP contribution in [-0.4, -0.2) is 58.0 Å². The Labute approximate surface area is 161 Å². The summed E-state index contributed by atoms with van der Waals surface area (Å²) in [7, 11) is 0.0795. The van der Waals surface area contributed by atoms with Gasteiger partial charge < -0.3 is 9.47 Å². The molecule has 6 nitrogen and oxygen atoms in total. The highest BCUT2D eigenvalue weighted by Gasteiger charge is 2.34. The number of ether oxygens (including phenoxy) is 2. The van der Waals surface area contributed by atoms with Gasteiger partial charge in [0.15, 0.2) is 0 Å². The second kappa shape index (κ2) is 8.29. The number of rotatable bonds is 6. The number of hydrogen-bond acceptors (Lipinski definition) is 5. The number of hydrogen-bond donors (Lipinski definition) is 0. The molecule has 0 saturated carbocycles. The summed E-state index contributed by atoms with van der Waals surface area (Å²) in [5.74, 6) is 1.44. The van der Waals surface area contributed by atoms with Crippen LogP contribution < -0.4 is 9.47 Å². The Bertz CT molecular complexity index is 868. The van der Waals surface area contributed by atoms with Crippen LogP contribution in [0.25, 0.3) is 0 Å². The fraction of sp³-hybridized carbons (Fsp3) is 0.400. The van der Waals surface area contributed by atoms with E-state index < -0.39 is 10.0 Å². The molecule has 1 saturated heterocycles. The molecule has 1 atom stereocenters. The van der Waals surface area contributed by atoms with E-state index >= 15 is 0 Å². The number of para-hydroxylation sites is 1. The van der Waals surface area contributed by atoms with E-state index in [1.165, 1.54) is 0 Å². The lowest BCUT2D eigenvalue weighted by Crippen LogP contribution is -2.48. The van der Waals surface area contributed by atoms with Crippen LogP contribution in [0.15, 0.2) is 53.4 Å². The normalized spacial score (nSPS) is 19.0. The third-order valence-corrected chi connectivity index (χ3v) is 6.76. The molecule has 0 N–H and O–H groups in total. The highest BCUT2D eigenvalue weighted by atomic mass is 32.2. The minimum atomic E-state index is -3.57. The second-order valence-corrected chi connectivity index (χ2v) is 8.44. The van der Waals surface area contributed by atoms with Gasteiger partial charge in [-0.05, 0) is 44.3 Å². The summed E-state index contributed by atoms with van der Waals surface area (Å²) in [6, 6.07) is 14.3. The number of nitrogens with zero attached hydrogens (tertiary/aromatic N) is 2. The highest BCUT2D eigenvalue weighted by Crippen LogP contribution is 2.33. The number of piperazine rings is 1. The Morgan fingerprint density at radius 2 is 1.78 bits per heavy atom. The molecule has 0 aromatic heterocycles. The molecule has 0 radical (unpaired) electrons. The lowest BCUT2D eigenvalue weighted by molar-refractivity contribution is 0.146. The summed E-state index contributed by atoms with van der Waals surface area (Å²) in [6.45, 7) is 3.93. The average molecular weight is 391 g/mol. The van der Waals surface area contributed by atoms with Crippen LogP contribution in [0.5, 0.6) is 11.5 Å². The quantitative estimate of drug-likeness (QED) is 0.759. The Morgan fingerprint density at radius 3 is 2.44 bits per heavy atom. The van der Waals surface area contributed by atoms with Gasteiger partial charge in [-0.3, -0.25) is 4.90 Å². The molecule has 146 valence electrons. The van der Waals surface area contributed by atoms with Gasteiger partial charge in [-0.25, -0.2) is 8.42 Å². The van der Waals surface area contributed by atoms with Gasteiger partial charge in [0.2, 0.25) is 10.0 Å². The summed E-state index contributed by atoms with van der Waals surface area (Å²) >= 11 is 0. The lowest BCUT2D eigenvalue weighted by Gasteiger charge is -2.39. The molecule has 2 aromatic carbocycles. The molecular weight excluding hydrogens is 364 g/mol. The van der Waals surface area contributed by atoms with Gasteiger partial charge in [0.1, 0.15) is 11.5 Å². The third-order valence-electron chi connectivity index (χ3n) is 4.88. The molecule has 1 aliphatic rings. The predicted octanol–water partition coefficient (Wildman–Crippen LogP) is 2.77. The first kappa shape index (κ1) is 19.7. The van der Waals surface area contributed by atoms with Gasteiger partial charge in [-0.15, -0.1) is 0 Å². The topological polar surface area (TPSA) is 59.1 Å². The van der Waals surface area contributed by atoms with Gasteiger partial charge in [0.25, 0.3) is 0 Å². The number of sulfonamides is 1. The zero-order valence-electron chi connectivity index (χ0n) is 16.0. The van der Waals surface area contributed by atoms with Crippen LogP contribution in [0.4, 0.5) is 0 Å². The second-order valence-electron chi connectivity index (χ2n) is 6.51. The van der Waals surface area contributed by atoms with E-state index in [4.69, 9.17) is 9.47 Å². The molecule has 1 unspecified atom stereocenters. The van der Waals surface area contributed by atoms with Gasteiger partial charge in [0, 0.05) is 25.2 Å². The maximum absolute atomic E-state index is 13.1. The van der Waals surface area contributed by atoms with Crippen molar-refractivity contribution in [3.05, 3.63) is 54.1 Å². The predicted molar refractivity (Wildman–Crippen MR) is 105 cm³/mol. The first-order valence-corrected chi connectivity index (χ1v) is 10.5. The van der Waals surface area contributed by atoms with Gasteiger partial charge in [-0.1, -0.05) is 18.2 Å². The van der Waals surface area contributed by atoms with E-state index in [1.807, 2.05) is 38.2 Å². The largest absolute Gasteiger partial charge is 0.496 e. The first-order chi connectivity index (χ1) is 13.0. The van der Waals surface area contributed by atoms with Crippen molar-refractivity contribution < 1.29 is 17.9 Å². The molecule has 3 rings (SSSR count). The van der Waals surface area contributed by atoms with E-state index in [2.05, 4.69) is 4.90 Å². The van der Waals surface area contributed by atoms with E-state index in [0.717, 1.165) is 11.3 Å². The van der Waals surface area contributed by atoms with Gasteiger partial charge in [0.05, 0.1) is 24.7 Å². The van der Waals surface area contributed by atoms with E-state index in [-0.39, 0.29) is 10.9 Å². The van der Waals surface area contributed by atoms with Crippen molar-refractivity contribution in [1.29, 1.82) is 0 Å². The summed E-state index contributed by atoms with van der Waals surface area (Å²) in [5.41, 5.74) is 0.995. The molecule has 1 aliphatic heterocycles. The van der Waals surface area contributed by atoms with Crippen molar-refractivity contribution in [1.82, 2.24) is 9.21 Å². The Morgan fingerprint density at radius 1 is 1.07 bits per heavy atom. The molecule has 0 aliphatic carbocycles.